The molecule has 0 spiro atoms. The van der Waals surface area contributed by atoms with Gasteiger partial charge in [0.15, 0.2) is 5.11 Å². The van der Waals surface area contributed by atoms with Crippen LogP contribution in [0.1, 0.15) is 22.7 Å². The summed E-state index contributed by atoms with van der Waals surface area (Å²) in [5.74, 6) is -0.287. The van der Waals surface area contributed by atoms with Gasteiger partial charge in [0.1, 0.15) is 5.82 Å². The van der Waals surface area contributed by atoms with Crippen molar-refractivity contribution in [2.75, 3.05) is 4.90 Å². The van der Waals surface area contributed by atoms with E-state index in [1.54, 1.807) is 29.7 Å². The van der Waals surface area contributed by atoms with Crippen LogP contribution in [0.4, 0.5) is 10.1 Å². The number of nitrogens with zero attached hydrogens (tertiary/aromatic N) is 2. The third-order valence-electron chi connectivity index (χ3n) is 4.04. The van der Waals surface area contributed by atoms with Crippen LogP contribution < -0.4 is 10.2 Å². The van der Waals surface area contributed by atoms with Gasteiger partial charge in [-0.25, -0.2) is 4.39 Å². The molecule has 1 saturated heterocycles. The van der Waals surface area contributed by atoms with Crippen LogP contribution in [0.15, 0.2) is 66.2 Å². The Hall–Kier alpha value is -2.31. The average Bonchev–Trinajstić information content (AvgIpc) is 3.24. The molecule has 0 bridgehead atoms. The Balaban J connectivity index is 1.84. The van der Waals surface area contributed by atoms with Crippen molar-refractivity contribution in [2.45, 2.75) is 12.1 Å². The Morgan fingerprint density at radius 1 is 1.08 bits per heavy atom. The minimum Gasteiger partial charge on any atom is -0.351 e. The largest absolute Gasteiger partial charge is 0.351 e. The van der Waals surface area contributed by atoms with Crippen LogP contribution in [0.5, 0.6) is 0 Å². The van der Waals surface area contributed by atoms with Gasteiger partial charge in [-0.1, -0.05) is 24.3 Å². The fraction of sp³-hybridized carbons (Fsp3) is 0.111. The van der Waals surface area contributed by atoms with Gasteiger partial charge < -0.3 is 10.2 Å². The Morgan fingerprint density at radius 3 is 2.62 bits per heavy atom. The van der Waals surface area contributed by atoms with Crippen molar-refractivity contribution in [3.05, 3.63) is 82.6 Å². The molecule has 1 N–H and O–H groups in total. The summed E-state index contributed by atoms with van der Waals surface area (Å²) < 4.78 is 14.4. The first kappa shape index (κ1) is 15.2. The van der Waals surface area contributed by atoms with Gasteiger partial charge >= 0.3 is 0 Å². The molecule has 0 aliphatic carbocycles. The zero-order chi connectivity index (χ0) is 16.5. The molecule has 6 heteroatoms. The van der Waals surface area contributed by atoms with E-state index in [-0.39, 0.29) is 17.9 Å². The summed E-state index contributed by atoms with van der Waals surface area (Å²) in [6.07, 6.45) is 1.76. The van der Waals surface area contributed by atoms with Gasteiger partial charge in [-0.3, -0.25) is 4.98 Å². The lowest BCUT2D eigenvalue weighted by atomic mass is 10.0. The van der Waals surface area contributed by atoms with E-state index >= 15 is 0 Å². The number of benzene rings is 1. The van der Waals surface area contributed by atoms with E-state index in [0.717, 1.165) is 10.6 Å². The van der Waals surface area contributed by atoms with Gasteiger partial charge in [-0.15, -0.1) is 11.3 Å². The number of rotatable bonds is 3. The highest BCUT2D eigenvalue weighted by molar-refractivity contribution is 7.80. The van der Waals surface area contributed by atoms with E-state index in [9.17, 15) is 4.39 Å². The molecule has 1 fully saturated rings. The van der Waals surface area contributed by atoms with E-state index in [1.807, 2.05) is 40.6 Å². The summed E-state index contributed by atoms with van der Waals surface area (Å²) in [4.78, 5) is 7.44. The van der Waals surface area contributed by atoms with E-state index in [1.165, 1.54) is 6.07 Å². The number of halogens is 1. The summed E-state index contributed by atoms with van der Waals surface area (Å²) in [6.45, 7) is 0. The second-order valence-corrected chi connectivity index (χ2v) is 6.83. The van der Waals surface area contributed by atoms with Crippen molar-refractivity contribution in [1.82, 2.24) is 10.3 Å². The normalized spacial score (nSPS) is 20.2. The van der Waals surface area contributed by atoms with Crippen LogP contribution in [0.2, 0.25) is 0 Å². The van der Waals surface area contributed by atoms with Crippen LogP contribution in [0, 0.1) is 5.82 Å². The van der Waals surface area contributed by atoms with Crippen molar-refractivity contribution < 1.29 is 4.39 Å². The Kier molecular flexibility index (Phi) is 4.00. The van der Waals surface area contributed by atoms with Crippen molar-refractivity contribution >= 4 is 34.4 Å². The quantitative estimate of drug-likeness (QED) is 0.702. The van der Waals surface area contributed by atoms with Gasteiger partial charge in [0.2, 0.25) is 0 Å². The zero-order valence-electron chi connectivity index (χ0n) is 12.6. The molecule has 1 aromatic carbocycles. The molecule has 3 nitrogen and oxygen atoms in total. The van der Waals surface area contributed by atoms with Crippen LogP contribution in [0.3, 0.4) is 0 Å². The molecule has 3 heterocycles. The third kappa shape index (κ3) is 2.57. The predicted molar refractivity (Wildman–Crippen MR) is 98.7 cm³/mol. The number of hydrogen-bond acceptors (Lipinski definition) is 3. The minimum absolute atomic E-state index is 0.128. The maximum Gasteiger partial charge on any atom is 0.174 e. The summed E-state index contributed by atoms with van der Waals surface area (Å²) in [7, 11) is 0. The molecular weight excluding hydrogens is 341 g/mol. The number of aromatic nitrogens is 1. The fourth-order valence-electron chi connectivity index (χ4n) is 3.01. The maximum absolute atomic E-state index is 14.4. The predicted octanol–water partition coefficient (Wildman–Crippen LogP) is 4.46. The molecule has 4 rings (SSSR count). The minimum atomic E-state index is -0.287. The van der Waals surface area contributed by atoms with E-state index in [2.05, 4.69) is 16.4 Å². The Labute approximate surface area is 148 Å². The van der Waals surface area contributed by atoms with Gasteiger partial charge in [0, 0.05) is 11.1 Å². The number of para-hydroxylation sites is 1. The lowest BCUT2D eigenvalue weighted by Gasteiger charge is -2.27. The Morgan fingerprint density at radius 2 is 1.92 bits per heavy atom. The van der Waals surface area contributed by atoms with E-state index in [0.29, 0.717) is 10.8 Å². The molecule has 1 aliphatic rings. The highest BCUT2D eigenvalue weighted by Gasteiger charge is 2.41. The lowest BCUT2D eigenvalue weighted by molar-refractivity contribution is 0.565. The molecule has 0 amide bonds. The molecule has 120 valence electrons. The van der Waals surface area contributed by atoms with Crippen molar-refractivity contribution in [3.8, 4) is 0 Å². The van der Waals surface area contributed by atoms with Crippen LogP contribution in [0.25, 0.3) is 0 Å². The highest BCUT2D eigenvalue weighted by Crippen LogP contribution is 2.43. The number of thiophene rings is 1. The molecule has 0 unspecified atom stereocenters. The summed E-state index contributed by atoms with van der Waals surface area (Å²) in [5.41, 5.74) is 1.36. The molecule has 0 saturated carbocycles. The number of nitrogens with one attached hydrogen (secondary N) is 1. The van der Waals surface area contributed by atoms with Crippen LogP contribution >= 0.6 is 23.6 Å². The van der Waals surface area contributed by atoms with Gasteiger partial charge in [-0.2, -0.15) is 0 Å². The van der Waals surface area contributed by atoms with Crippen molar-refractivity contribution in [2.24, 2.45) is 0 Å². The highest BCUT2D eigenvalue weighted by atomic mass is 32.1. The fourth-order valence-corrected chi connectivity index (χ4v) is 4.20. The standard InChI is InChI=1S/C18H14FN3S2/c19-12-6-1-2-8-14(12)22-17(15-9-5-11-24-15)16(21-18(22)23)13-7-3-4-10-20-13/h1-11,16-17H,(H,21,23)/t16-,17+/m1/s1. The number of hydrogen-bond donors (Lipinski definition) is 1. The molecule has 2 aromatic heterocycles. The number of anilines is 1. The zero-order valence-corrected chi connectivity index (χ0v) is 14.2. The maximum atomic E-state index is 14.4. The molecule has 1 aliphatic heterocycles. The monoisotopic (exact) mass is 355 g/mol. The average molecular weight is 355 g/mol. The second kappa shape index (κ2) is 6.30. The van der Waals surface area contributed by atoms with Crippen LogP contribution in [-0.2, 0) is 0 Å². The molecule has 24 heavy (non-hydrogen) atoms. The smallest absolute Gasteiger partial charge is 0.174 e. The first-order valence-corrected chi connectivity index (χ1v) is 8.83. The first-order chi connectivity index (χ1) is 11.8. The Bertz CT molecular complexity index is 852. The third-order valence-corrected chi connectivity index (χ3v) is 5.30. The van der Waals surface area contributed by atoms with Gasteiger partial charge in [0.25, 0.3) is 0 Å². The second-order valence-electron chi connectivity index (χ2n) is 5.46. The van der Waals surface area contributed by atoms with Gasteiger partial charge in [0.05, 0.1) is 23.5 Å². The number of pyridine rings is 1. The lowest BCUT2D eigenvalue weighted by Crippen LogP contribution is -2.29. The SMILES string of the molecule is Fc1ccccc1N1C(=S)N[C@H](c2ccccn2)[C@@H]1c1cccs1. The van der Waals surface area contributed by atoms with Crippen molar-refractivity contribution in [1.29, 1.82) is 0 Å². The van der Waals surface area contributed by atoms with E-state index in [4.69, 9.17) is 12.2 Å². The topological polar surface area (TPSA) is 28.2 Å². The summed E-state index contributed by atoms with van der Waals surface area (Å²) >= 11 is 7.17. The molecule has 3 aromatic rings. The van der Waals surface area contributed by atoms with E-state index < -0.39 is 0 Å². The molecular formula is C18H14FN3S2. The molecule has 2 atom stereocenters. The van der Waals surface area contributed by atoms with Crippen LogP contribution in [-0.4, -0.2) is 10.1 Å². The van der Waals surface area contributed by atoms with Gasteiger partial charge in [-0.05, 0) is 47.9 Å². The summed E-state index contributed by atoms with van der Waals surface area (Å²) in [5, 5.41) is 5.85. The number of thiocarbonyl (C=S) groups is 1. The summed E-state index contributed by atoms with van der Waals surface area (Å²) in [6, 6.07) is 16.3. The van der Waals surface area contributed by atoms with Crippen molar-refractivity contribution in [3.63, 3.8) is 0 Å². The molecule has 0 radical (unpaired) electrons. The first-order valence-electron chi connectivity index (χ1n) is 7.54.